The number of aryl methyl sites for hydroxylation is 1. The van der Waals surface area contributed by atoms with E-state index in [1.165, 1.54) is 28.1 Å². The van der Waals surface area contributed by atoms with Crippen molar-refractivity contribution in [3.8, 4) is 0 Å². The van der Waals surface area contributed by atoms with Gasteiger partial charge >= 0.3 is 0 Å². The van der Waals surface area contributed by atoms with Crippen LogP contribution in [0.1, 0.15) is 35.7 Å². The van der Waals surface area contributed by atoms with Gasteiger partial charge in [0.1, 0.15) is 16.8 Å². The van der Waals surface area contributed by atoms with Crippen molar-refractivity contribution in [1.82, 2.24) is 15.2 Å². The molecule has 0 saturated carbocycles. The Hall–Kier alpha value is -2.16. The lowest BCUT2D eigenvalue weighted by atomic mass is 10.0. The molecule has 2 unspecified atom stereocenters. The number of hydrogen-bond donors (Lipinski definition) is 0. The lowest BCUT2D eigenvalue weighted by Gasteiger charge is -2.22. The first-order valence-corrected chi connectivity index (χ1v) is 10.8. The molecule has 6 nitrogen and oxygen atoms in total. The third-order valence-electron chi connectivity index (χ3n) is 4.32. The number of carbonyl (C=O) groups excluding carboxylic acids is 1. The molecule has 2 aromatic heterocycles. The van der Waals surface area contributed by atoms with Crippen molar-refractivity contribution in [2.24, 2.45) is 5.10 Å². The maximum absolute atomic E-state index is 13.2. The largest absolute Gasteiger partial charge is 0.467 e. The van der Waals surface area contributed by atoms with Crippen LogP contribution in [0, 0.1) is 6.92 Å². The maximum Gasteiger partial charge on any atom is 0.256 e. The zero-order valence-electron chi connectivity index (χ0n) is 15.2. The first kappa shape index (κ1) is 19.2. The molecule has 0 spiro atoms. The van der Waals surface area contributed by atoms with Crippen LogP contribution in [0.4, 0.5) is 0 Å². The van der Waals surface area contributed by atoms with E-state index in [-0.39, 0.29) is 17.2 Å². The second-order valence-electron chi connectivity index (χ2n) is 6.32. The average Bonchev–Trinajstić information content (AvgIpc) is 3.42. The summed E-state index contributed by atoms with van der Waals surface area (Å²) in [4.78, 5) is 13.2. The molecule has 0 N–H and O–H groups in total. The number of halogens is 1. The van der Waals surface area contributed by atoms with Crippen molar-refractivity contribution in [3.05, 3.63) is 64.0 Å². The second kappa shape index (κ2) is 8.06. The van der Waals surface area contributed by atoms with Crippen LogP contribution in [-0.4, -0.2) is 32.1 Å². The summed E-state index contributed by atoms with van der Waals surface area (Å²) in [7, 11) is 0. The summed E-state index contributed by atoms with van der Waals surface area (Å²) < 4.78 is 6.36. The van der Waals surface area contributed by atoms with Crippen molar-refractivity contribution in [2.45, 2.75) is 35.9 Å². The van der Waals surface area contributed by atoms with Crippen molar-refractivity contribution < 1.29 is 9.21 Å². The number of thioether (sulfide) groups is 1. The van der Waals surface area contributed by atoms with Gasteiger partial charge in [0.2, 0.25) is 0 Å². The van der Waals surface area contributed by atoms with Crippen LogP contribution in [0.15, 0.2) is 56.5 Å². The number of hydrazone groups is 1. The van der Waals surface area contributed by atoms with E-state index in [0.717, 1.165) is 20.6 Å². The molecule has 0 fully saturated rings. The van der Waals surface area contributed by atoms with Crippen LogP contribution in [0.5, 0.6) is 0 Å². The Morgan fingerprint density at radius 1 is 1.32 bits per heavy atom. The Morgan fingerprint density at radius 2 is 2.11 bits per heavy atom. The fourth-order valence-corrected chi connectivity index (χ4v) is 5.08. The third-order valence-corrected chi connectivity index (χ3v) is 6.58. The smallest absolute Gasteiger partial charge is 0.256 e. The molecular formula is C19H17ClN4O2S2. The number of benzene rings is 1. The zero-order chi connectivity index (χ0) is 19.7. The summed E-state index contributed by atoms with van der Waals surface area (Å²) in [5.41, 5.74) is 1.77. The molecule has 1 amide bonds. The maximum atomic E-state index is 13.2. The summed E-state index contributed by atoms with van der Waals surface area (Å²) in [5, 5.41) is 15.5. The van der Waals surface area contributed by atoms with Crippen molar-refractivity contribution in [3.63, 3.8) is 0 Å². The number of carbonyl (C=O) groups is 1. The molecular weight excluding hydrogens is 416 g/mol. The van der Waals surface area contributed by atoms with Gasteiger partial charge in [0.15, 0.2) is 4.34 Å². The lowest BCUT2D eigenvalue weighted by Crippen LogP contribution is -2.33. The number of nitrogens with zero attached hydrogens (tertiary/aromatic N) is 4. The number of amides is 1. The minimum absolute atomic E-state index is 0.0942. The molecule has 28 heavy (non-hydrogen) atoms. The highest BCUT2D eigenvalue weighted by Gasteiger charge is 2.37. The first-order chi connectivity index (χ1) is 13.5. The Morgan fingerprint density at radius 3 is 2.75 bits per heavy atom. The van der Waals surface area contributed by atoms with E-state index < -0.39 is 0 Å². The monoisotopic (exact) mass is 432 g/mol. The predicted molar refractivity (Wildman–Crippen MR) is 111 cm³/mol. The number of aromatic nitrogens is 2. The van der Waals surface area contributed by atoms with E-state index >= 15 is 0 Å². The highest BCUT2D eigenvalue weighted by Crippen LogP contribution is 2.36. The van der Waals surface area contributed by atoms with Crippen LogP contribution in [0.25, 0.3) is 0 Å². The standard InChI is InChI=1S/C19H17ClN4O2S2/c1-11(27-19-22-21-12(2)28-19)18(25)24-16(17-4-3-9-26-17)10-15(23-24)13-5-7-14(20)8-6-13/h3-9,11,16H,10H2,1-2H3. The summed E-state index contributed by atoms with van der Waals surface area (Å²) in [6.07, 6.45) is 2.19. The molecule has 2 atom stereocenters. The molecule has 0 bridgehead atoms. The average molecular weight is 433 g/mol. The Bertz CT molecular complexity index is 1000. The molecule has 1 aliphatic heterocycles. The lowest BCUT2D eigenvalue weighted by molar-refractivity contribution is -0.132. The van der Waals surface area contributed by atoms with Gasteiger partial charge in [-0.15, -0.1) is 10.2 Å². The fourth-order valence-electron chi connectivity index (χ4n) is 2.95. The second-order valence-corrected chi connectivity index (χ2v) is 9.52. The predicted octanol–water partition coefficient (Wildman–Crippen LogP) is 4.95. The van der Waals surface area contributed by atoms with E-state index in [1.54, 1.807) is 6.26 Å². The van der Waals surface area contributed by atoms with Gasteiger partial charge in [0.05, 0.1) is 17.2 Å². The Balaban J connectivity index is 1.60. The van der Waals surface area contributed by atoms with E-state index in [0.29, 0.717) is 17.2 Å². The van der Waals surface area contributed by atoms with Gasteiger partial charge in [-0.25, -0.2) is 5.01 Å². The molecule has 144 valence electrons. The molecule has 0 saturated heterocycles. The minimum Gasteiger partial charge on any atom is -0.467 e. The highest BCUT2D eigenvalue weighted by molar-refractivity contribution is 8.02. The highest BCUT2D eigenvalue weighted by atomic mass is 35.5. The molecule has 0 aliphatic carbocycles. The van der Waals surface area contributed by atoms with E-state index in [1.807, 2.05) is 50.2 Å². The normalized spacial score (nSPS) is 17.6. The molecule has 1 aliphatic rings. The van der Waals surface area contributed by atoms with Gasteiger partial charge in [-0.05, 0) is 43.7 Å². The van der Waals surface area contributed by atoms with Crippen LogP contribution in [0.2, 0.25) is 5.02 Å². The van der Waals surface area contributed by atoms with Crippen LogP contribution >= 0.6 is 34.7 Å². The SMILES string of the molecule is Cc1nnc(SC(C)C(=O)N2N=C(c3ccc(Cl)cc3)CC2c2ccco2)s1. The fraction of sp³-hybridized carbons (Fsp3) is 0.263. The van der Waals surface area contributed by atoms with Crippen molar-refractivity contribution in [1.29, 1.82) is 0 Å². The summed E-state index contributed by atoms with van der Waals surface area (Å²) in [5.74, 6) is 0.619. The summed E-state index contributed by atoms with van der Waals surface area (Å²) in [6.45, 7) is 3.75. The minimum atomic E-state index is -0.349. The molecule has 3 heterocycles. The molecule has 1 aromatic carbocycles. The summed E-state index contributed by atoms with van der Waals surface area (Å²) in [6, 6.07) is 10.9. The van der Waals surface area contributed by atoms with Crippen molar-refractivity contribution >= 4 is 46.3 Å². The first-order valence-electron chi connectivity index (χ1n) is 8.68. The van der Waals surface area contributed by atoms with Crippen LogP contribution in [0.3, 0.4) is 0 Å². The van der Waals surface area contributed by atoms with Crippen molar-refractivity contribution in [2.75, 3.05) is 0 Å². The summed E-state index contributed by atoms with van der Waals surface area (Å²) >= 11 is 8.87. The van der Waals surface area contributed by atoms with Crippen LogP contribution in [-0.2, 0) is 4.79 Å². The van der Waals surface area contributed by atoms with Gasteiger partial charge in [0.25, 0.3) is 5.91 Å². The zero-order valence-corrected chi connectivity index (χ0v) is 17.6. The Kier molecular flexibility index (Phi) is 5.52. The number of hydrogen-bond acceptors (Lipinski definition) is 7. The number of furan rings is 1. The molecule has 0 radical (unpaired) electrons. The van der Waals surface area contributed by atoms with Gasteiger partial charge in [-0.2, -0.15) is 5.10 Å². The van der Waals surface area contributed by atoms with Crippen LogP contribution < -0.4 is 0 Å². The van der Waals surface area contributed by atoms with E-state index in [2.05, 4.69) is 15.3 Å². The molecule has 9 heteroatoms. The Labute approximate surface area is 175 Å². The topological polar surface area (TPSA) is 71.6 Å². The molecule has 4 rings (SSSR count). The quantitative estimate of drug-likeness (QED) is 0.533. The van der Waals surface area contributed by atoms with E-state index in [4.69, 9.17) is 16.0 Å². The van der Waals surface area contributed by atoms with Gasteiger partial charge in [0, 0.05) is 11.4 Å². The van der Waals surface area contributed by atoms with E-state index in [9.17, 15) is 4.79 Å². The third kappa shape index (κ3) is 3.99. The van der Waals surface area contributed by atoms with Gasteiger partial charge < -0.3 is 4.42 Å². The van der Waals surface area contributed by atoms with Gasteiger partial charge in [-0.3, -0.25) is 4.79 Å². The molecule has 3 aromatic rings. The van der Waals surface area contributed by atoms with Gasteiger partial charge in [-0.1, -0.05) is 46.8 Å². The number of rotatable bonds is 5.